The quantitative estimate of drug-likeness (QED) is 0.853. The summed E-state index contributed by atoms with van der Waals surface area (Å²) < 4.78 is 0. The van der Waals surface area contributed by atoms with Gasteiger partial charge in [-0.15, -0.1) is 0 Å². The Kier molecular flexibility index (Phi) is 3.55. The van der Waals surface area contributed by atoms with Gasteiger partial charge in [0.15, 0.2) is 5.78 Å². The minimum atomic E-state index is -1.03. The molecule has 2 atom stereocenters. The summed E-state index contributed by atoms with van der Waals surface area (Å²) in [5, 5.41) is 1.57. The Morgan fingerprint density at radius 3 is 2.12 bits per heavy atom. The molecule has 1 aliphatic carbocycles. The van der Waals surface area contributed by atoms with Gasteiger partial charge in [-0.25, -0.2) is 10.4 Å². The maximum absolute atomic E-state index is 13.5. The van der Waals surface area contributed by atoms with Crippen LogP contribution >= 0.6 is 0 Å². The smallest absolute Gasteiger partial charge is 0.257 e. The number of hydrogen-bond acceptors (Lipinski definition) is 3. The number of rotatable bonds is 2. The van der Waals surface area contributed by atoms with Gasteiger partial charge in [0.25, 0.3) is 5.91 Å². The van der Waals surface area contributed by atoms with Gasteiger partial charge >= 0.3 is 0 Å². The van der Waals surface area contributed by atoms with Crippen molar-refractivity contribution in [1.29, 1.82) is 0 Å². The van der Waals surface area contributed by atoms with E-state index in [1.807, 2.05) is 60.7 Å². The molecule has 0 aromatic heterocycles. The monoisotopic (exact) mass is 334 g/mol. The van der Waals surface area contributed by atoms with Gasteiger partial charge < -0.3 is 0 Å². The van der Waals surface area contributed by atoms with Crippen LogP contribution in [0, 0.1) is 10.8 Å². The normalized spacial score (nSPS) is 28.1. The maximum atomic E-state index is 13.5. The van der Waals surface area contributed by atoms with Crippen molar-refractivity contribution in [2.75, 3.05) is 5.01 Å². The summed E-state index contributed by atoms with van der Waals surface area (Å²) in [6, 6.07) is 19.0. The van der Waals surface area contributed by atoms with Crippen LogP contribution in [-0.2, 0) is 9.59 Å². The van der Waals surface area contributed by atoms with Crippen LogP contribution in [0.2, 0.25) is 0 Å². The van der Waals surface area contributed by atoms with Crippen molar-refractivity contribution in [2.24, 2.45) is 10.8 Å². The molecular formula is C21H22N2O2. The number of amides is 1. The average Bonchev–Trinajstić information content (AvgIpc) is 3.03. The number of anilines is 1. The minimum absolute atomic E-state index is 0.0438. The first-order chi connectivity index (χ1) is 11.9. The van der Waals surface area contributed by atoms with E-state index in [1.54, 1.807) is 5.01 Å². The Morgan fingerprint density at radius 1 is 0.960 bits per heavy atom. The summed E-state index contributed by atoms with van der Waals surface area (Å²) in [7, 11) is 0. The molecule has 0 bridgehead atoms. The van der Waals surface area contributed by atoms with Crippen molar-refractivity contribution in [3.8, 4) is 0 Å². The fourth-order valence-corrected chi connectivity index (χ4v) is 4.36. The lowest BCUT2D eigenvalue weighted by Crippen LogP contribution is -2.40. The number of ketones is 1. The molecule has 1 spiro atoms. The minimum Gasteiger partial charge on any atom is -0.298 e. The molecule has 4 rings (SSSR count). The summed E-state index contributed by atoms with van der Waals surface area (Å²) in [5.41, 5.74) is 3.88. The van der Waals surface area contributed by atoms with Gasteiger partial charge in [-0.3, -0.25) is 9.59 Å². The highest BCUT2D eigenvalue weighted by molar-refractivity contribution is 6.16. The maximum Gasteiger partial charge on any atom is 0.257 e. The average molecular weight is 334 g/mol. The third-order valence-corrected chi connectivity index (χ3v) is 5.38. The molecule has 2 aromatic carbocycles. The Labute approximate surface area is 147 Å². The highest BCUT2D eigenvalue weighted by atomic mass is 16.2. The molecule has 2 aromatic rings. The van der Waals surface area contributed by atoms with Crippen LogP contribution in [0.1, 0.15) is 38.3 Å². The molecule has 0 radical (unpaired) electrons. The van der Waals surface area contributed by atoms with Gasteiger partial charge in [0, 0.05) is 6.42 Å². The van der Waals surface area contributed by atoms with E-state index < -0.39 is 5.41 Å². The molecule has 1 amide bonds. The van der Waals surface area contributed by atoms with E-state index in [1.165, 1.54) is 0 Å². The number of nitrogens with zero attached hydrogens (tertiary/aromatic N) is 1. The van der Waals surface area contributed by atoms with E-state index in [9.17, 15) is 9.59 Å². The van der Waals surface area contributed by atoms with Crippen LogP contribution in [0.15, 0.2) is 60.7 Å². The number of hydrazine groups is 1. The Morgan fingerprint density at radius 2 is 1.56 bits per heavy atom. The van der Waals surface area contributed by atoms with Gasteiger partial charge in [0.1, 0.15) is 5.41 Å². The first-order valence-corrected chi connectivity index (χ1v) is 8.68. The molecule has 0 unspecified atom stereocenters. The number of hydrogen-bond donors (Lipinski definition) is 1. The molecule has 25 heavy (non-hydrogen) atoms. The van der Waals surface area contributed by atoms with Crippen molar-refractivity contribution in [1.82, 2.24) is 5.43 Å². The molecule has 1 aliphatic heterocycles. The third kappa shape index (κ3) is 2.40. The zero-order valence-electron chi connectivity index (χ0n) is 14.5. The van der Waals surface area contributed by atoms with Crippen LogP contribution in [0.25, 0.3) is 0 Å². The lowest BCUT2D eigenvalue weighted by atomic mass is 9.73. The van der Waals surface area contributed by atoms with E-state index in [4.69, 9.17) is 0 Å². The highest BCUT2D eigenvalue weighted by Crippen LogP contribution is 2.56. The topological polar surface area (TPSA) is 49.4 Å². The standard InChI is InChI=1S/C21H22N2O2/c1-20(2)13-17(24)21(14-20)18(15-9-5-3-6-10-15)22-23(19(21)25)16-11-7-4-8-12-16/h3-12,18,22H,13-14H2,1-2H3/t18-,21+/m0/s1. The predicted molar refractivity (Wildman–Crippen MR) is 96.7 cm³/mol. The van der Waals surface area contributed by atoms with Crippen molar-refractivity contribution in [3.63, 3.8) is 0 Å². The molecule has 128 valence electrons. The highest BCUT2D eigenvalue weighted by Gasteiger charge is 2.65. The summed E-state index contributed by atoms with van der Waals surface area (Å²) in [5.74, 6) is -0.0922. The molecule has 1 N–H and O–H groups in total. The van der Waals surface area contributed by atoms with E-state index in [0.717, 1.165) is 11.3 Å². The van der Waals surface area contributed by atoms with E-state index in [2.05, 4.69) is 19.3 Å². The summed E-state index contributed by atoms with van der Waals surface area (Å²) >= 11 is 0. The van der Waals surface area contributed by atoms with Crippen molar-refractivity contribution < 1.29 is 9.59 Å². The molecular weight excluding hydrogens is 312 g/mol. The second-order valence-corrected chi connectivity index (χ2v) is 7.86. The van der Waals surface area contributed by atoms with Crippen LogP contribution in [0.5, 0.6) is 0 Å². The molecule has 2 fully saturated rings. The lowest BCUT2D eigenvalue weighted by Gasteiger charge is -2.27. The van der Waals surface area contributed by atoms with Gasteiger partial charge in [0.2, 0.25) is 0 Å². The summed E-state index contributed by atoms with van der Waals surface area (Å²) in [4.78, 5) is 26.6. The zero-order valence-corrected chi connectivity index (χ0v) is 14.5. The lowest BCUT2D eigenvalue weighted by molar-refractivity contribution is -0.136. The zero-order chi connectivity index (χ0) is 17.7. The number of carbonyl (C=O) groups is 2. The van der Waals surface area contributed by atoms with Crippen LogP contribution in [0.4, 0.5) is 5.69 Å². The second kappa shape index (κ2) is 5.53. The fraction of sp³-hybridized carbons (Fsp3) is 0.333. The molecule has 1 saturated carbocycles. The first kappa shape index (κ1) is 16.0. The SMILES string of the molecule is CC1(C)CC(=O)[C@@]2(C1)C(=O)N(c1ccccc1)N[C@H]2c1ccccc1. The number of Topliss-reactive ketones (excluding diaryl/α,β-unsaturated/α-hetero) is 1. The second-order valence-electron chi connectivity index (χ2n) is 7.86. The largest absolute Gasteiger partial charge is 0.298 e. The Hall–Kier alpha value is -2.46. The van der Waals surface area contributed by atoms with Gasteiger partial charge in [-0.05, 0) is 29.5 Å². The third-order valence-electron chi connectivity index (χ3n) is 5.38. The van der Waals surface area contributed by atoms with Crippen molar-refractivity contribution >= 4 is 17.4 Å². The Bertz CT molecular complexity index is 816. The van der Waals surface area contributed by atoms with E-state index >= 15 is 0 Å². The van der Waals surface area contributed by atoms with Crippen molar-refractivity contribution in [3.05, 3.63) is 66.2 Å². The van der Waals surface area contributed by atoms with Gasteiger partial charge in [0.05, 0.1) is 11.7 Å². The molecule has 4 nitrogen and oxygen atoms in total. The number of nitrogens with one attached hydrogen (secondary N) is 1. The number of para-hydroxylation sites is 1. The molecule has 1 saturated heterocycles. The van der Waals surface area contributed by atoms with Crippen LogP contribution in [-0.4, -0.2) is 11.7 Å². The van der Waals surface area contributed by atoms with Gasteiger partial charge in [-0.2, -0.15) is 0 Å². The van der Waals surface area contributed by atoms with Crippen LogP contribution < -0.4 is 10.4 Å². The Balaban J connectivity index is 1.84. The van der Waals surface area contributed by atoms with Crippen molar-refractivity contribution in [2.45, 2.75) is 32.7 Å². The van der Waals surface area contributed by atoms with E-state index in [-0.39, 0.29) is 23.1 Å². The fourth-order valence-electron chi connectivity index (χ4n) is 4.36. The molecule has 4 heteroatoms. The predicted octanol–water partition coefficient (Wildman–Crippen LogP) is 3.65. The molecule has 2 aliphatic rings. The summed E-state index contributed by atoms with van der Waals surface area (Å²) in [6.07, 6.45) is 1.000. The van der Waals surface area contributed by atoms with Crippen LogP contribution in [0.3, 0.4) is 0 Å². The van der Waals surface area contributed by atoms with E-state index in [0.29, 0.717) is 12.8 Å². The number of benzene rings is 2. The summed E-state index contributed by atoms with van der Waals surface area (Å²) in [6.45, 7) is 4.14. The van der Waals surface area contributed by atoms with Gasteiger partial charge in [-0.1, -0.05) is 62.4 Å². The first-order valence-electron chi connectivity index (χ1n) is 8.68. The molecule has 1 heterocycles. The number of carbonyl (C=O) groups excluding carboxylic acids is 2.